The lowest BCUT2D eigenvalue weighted by molar-refractivity contribution is 0.186. The molecule has 1 saturated carbocycles. The summed E-state index contributed by atoms with van der Waals surface area (Å²) >= 11 is 2.55. The second-order valence-corrected chi connectivity index (χ2v) is 6.43. The zero-order valence-corrected chi connectivity index (χ0v) is 11.8. The predicted octanol–water partition coefficient (Wildman–Crippen LogP) is 3.75. The lowest BCUT2D eigenvalue weighted by Gasteiger charge is -2.36. The van der Waals surface area contributed by atoms with Gasteiger partial charge in [0, 0.05) is 4.43 Å². The molecule has 0 bridgehead atoms. The Morgan fingerprint density at radius 3 is 1.79 bits per heavy atom. The average Bonchev–Trinajstić information content (AvgIpc) is 2.15. The molecule has 1 rings (SSSR count). The Bertz CT molecular complexity index is 151. The Morgan fingerprint density at radius 1 is 1.00 bits per heavy atom. The molecule has 0 aromatic rings. The van der Waals surface area contributed by atoms with Crippen LogP contribution in [0.15, 0.2) is 0 Å². The summed E-state index contributed by atoms with van der Waals surface area (Å²) in [5, 5.41) is 0. The zero-order valence-electron chi connectivity index (χ0n) is 9.61. The largest absolute Gasteiger partial charge is 0.330 e. The fourth-order valence-electron chi connectivity index (χ4n) is 2.47. The van der Waals surface area contributed by atoms with E-state index in [1.54, 1.807) is 0 Å². The van der Waals surface area contributed by atoms with Gasteiger partial charge in [0.05, 0.1) is 0 Å². The van der Waals surface area contributed by atoms with E-state index in [1.807, 2.05) is 0 Å². The van der Waals surface area contributed by atoms with E-state index < -0.39 is 0 Å². The second kappa shape index (κ2) is 5.15. The zero-order chi connectivity index (χ0) is 10.7. The molecule has 1 aliphatic rings. The average molecular weight is 309 g/mol. The summed E-state index contributed by atoms with van der Waals surface area (Å²) in [4.78, 5) is 0. The van der Waals surface area contributed by atoms with Crippen LogP contribution < -0.4 is 5.73 Å². The second-order valence-electron chi connectivity index (χ2n) is 5.67. The van der Waals surface area contributed by atoms with Crippen molar-refractivity contribution >= 4 is 22.6 Å². The third-order valence-corrected chi connectivity index (χ3v) is 5.78. The highest BCUT2D eigenvalue weighted by atomic mass is 127. The first-order chi connectivity index (χ1) is 6.54. The van der Waals surface area contributed by atoms with Crippen LogP contribution in [-0.4, -0.2) is 11.0 Å². The molecule has 0 radical (unpaired) electrons. The molecule has 14 heavy (non-hydrogen) atoms. The lowest BCUT2D eigenvalue weighted by atomic mass is 9.71. The van der Waals surface area contributed by atoms with Crippen LogP contribution in [0.4, 0.5) is 0 Å². The SMILES string of the molecule is CC1(CN)CCCC(C)(CI)CCC1. The Morgan fingerprint density at radius 2 is 1.43 bits per heavy atom. The maximum Gasteiger partial charge on any atom is 0.00493 e. The Hall–Kier alpha value is 0.690. The van der Waals surface area contributed by atoms with Gasteiger partial charge in [-0.15, -0.1) is 0 Å². The maximum absolute atomic E-state index is 5.86. The van der Waals surface area contributed by atoms with E-state index in [9.17, 15) is 0 Å². The van der Waals surface area contributed by atoms with E-state index in [4.69, 9.17) is 5.73 Å². The van der Waals surface area contributed by atoms with Gasteiger partial charge in [-0.25, -0.2) is 0 Å². The van der Waals surface area contributed by atoms with E-state index in [-0.39, 0.29) is 0 Å². The fraction of sp³-hybridized carbons (Fsp3) is 1.00. The van der Waals surface area contributed by atoms with Crippen LogP contribution in [0.3, 0.4) is 0 Å². The van der Waals surface area contributed by atoms with Gasteiger partial charge in [0.15, 0.2) is 0 Å². The van der Waals surface area contributed by atoms with Crippen molar-refractivity contribution in [2.75, 3.05) is 11.0 Å². The van der Waals surface area contributed by atoms with E-state index in [0.717, 1.165) is 6.54 Å². The third kappa shape index (κ3) is 3.37. The highest BCUT2D eigenvalue weighted by Gasteiger charge is 2.30. The highest BCUT2D eigenvalue weighted by Crippen LogP contribution is 2.40. The van der Waals surface area contributed by atoms with Crippen LogP contribution in [0.2, 0.25) is 0 Å². The molecular weight excluding hydrogens is 285 g/mol. The molecule has 0 aromatic carbocycles. The minimum Gasteiger partial charge on any atom is -0.330 e. The molecule has 0 atom stereocenters. The summed E-state index contributed by atoms with van der Waals surface area (Å²) in [5.74, 6) is 0. The molecule has 0 saturated heterocycles. The number of rotatable bonds is 2. The van der Waals surface area contributed by atoms with Crippen LogP contribution in [0.25, 0.3) is 0 Å². The highest BCUT2D eigenvalue weighted by molar-refractivity contribution is 14.1. The summed E-state index contributed by atoms with van der Waals surface area (Å²) in [6.45, 7) is 5.68. The molecule has 0 heterocycles. The first-order valence-corrected chi connectivity index (χ1v) is 7.32. The topological polar surface area (TPSA) is 26.0 Å². The van der Waals surface area contributed by atoms with Crippen molar-refractivity contribution in [3.05, 3.63) is 0 Å². The fourth-order valence-corrected chi connectivity index (χ4v) is 3.23. The van der Waals surface area contributed by atoms with Crippen molar-refractivity contribution in [2.24, 2.45) is 16.6 Å². The summed E-state index contributed by atoms with van der Waals surface area (Å²) in [7, 11) is 0. The normalized spacial score (nSPS) is 40.3. The molecule has 0 aromatic heterocycles. The molecule has 1 nitrogen and oxygen atoms in total. The summed E-state index contributed by atoms with van der Waals surface area (Å²) in [6.07, 6.45) is 8.18. The molecule has 2 N–H and O–H groups in total. The van der Waals surface area contributed by atoms with Gasteiger partial charge in [-0.3, -0.25) is 0 Å². The first kappa shape index (κ1) is 12.8. The van der Waals surface area contributed by atoms with E-state index in [0.29, 0.717) is 10.8 Å². The van der Waals surface area contributed by atoms with Gasteiger partial charge in [-0.2, -0.15) is 0 Å². The molecule has 1 aliphatic carbocycles. The van der Waals surface area contributed by atoms with Gasteiger partial charge in [0.1, 0.15) is 0 Å². The monoisotopic (exact) mass is 309 g/mol. The molecule has 0 unspecified atom stereocenters. The van der Waals surface area contributed by atoms with Gasteiger partial charge >= 0.3 is 0 Å². The predicted molar refractivity (Wildman–Crippen MR) is 71.9 cm³/mol. The first-order valence-electron chi connectivity index (χ1n) is 5.80. The van der Waals surface area contributed by atoms with Crippen molar-refractivity contribution < 1.29 is 0 Å². The van der Waals surface area contributed by atoms with Crippen LogP contribution in [0.1, 0.15) is 52.4 Å². The van der Waals surface area contributed by atoms with Crippen molar-refractivity contribution in [1.82, 2.24) is 0 Å². The van der Waals surface area contributed by atoms with Crippen LogP contribution in [0, 0.1) is 10.8 Å². The Balaban J connectivity index is 2.51. The number of nitrogens with two attached hydrogens (primary N) is 1. The molecule has 2 heteroatoms. The van der Waals surface area contributed by atoms with Gasteiger partial charge in [0.2, 0.25) is 0 Å². The molecular formula is C12H24IN. The standard InChI is InChI=1S/C12H24IN/c1-11(9-13)5-3-7-12(2,10-14)8-4-6-11/h3-10,14H2,1-2H3. The molecule has 0 aliphatic heterocycles. The molecule has 0 amide bonds. The Kier molecular flexibility index (Phi) is 4.69. The van der Waals surface area contributed by atoms with Crippen molar-refractivity contribution in [2.45, 2.75) is 52.4 Å². The van der Waals surface area contributed by atoms with Gasteiger partial charge in [-0.05, 0) is 43.1 Å². The van der Waals surface area contributed by atoms with E-state index >= 15 is 0 Å². The molecule has 0 spiro atoms. The van der Waals surface area contributed by atoms with Crippen molar-refractivity contribution in [3.8, 4) is 0 Å². The quantitative estimate of drug-likeness (QED) is 0.610. The van der Waals surface area contributed by atoms with Crippen LogP contribution >= 0.6 is 22.6 Å². The third-order valence-electron chi connectivity index (χ3n) is 3.94. The summed E-state index contributed by atoms with van der Waals surface area (Å²) < 4.78 is 1.31. The van der Waals surface area contributed by atoms with Gasteiger partial charge in [0.25, 0.3) is 0 Å². The smallest absolute Gasteiger partial charge is 0.00493 e. The Labute approximate surface area is 102 Å². The number of alkyl halides is 1. The minimum atomic E-state index is 0.437. The summed E-state index contributed by atoms with van der Waals surface area (Å²) in [5.41, 5.74) is 6.90. The van der Waals surface area contributed by atoms with Crippen molar-refractivity contribution in [1.29, 1.82) is 0 Å². The molecule has 1 fully saturated rings. The number of halogens is 1. The summed E-state index contributed by atoms with van der Waals surface area (Å²) in [6, 6.07) is 0. The van der Waals surface area contributed by atoms with Crippen LogP contribution in [-0.2, 0) is 0 Å². The van der Waals surface area contributed by atoms with E-state index in [1.165, 1.54) is 43.0 Å². The maximum atomic E-state index is 5.86. The van der Waals surface area contributed by atoms with Crippen molar-refractivity contribution in [3.63, 3.8) is 0 Å². The minimum absolute atomic E-state index is 0.437. The number of hydrogen-bond donors (Lipinski definition) is 1. The van der Waals surface area contributed by atoms with E-state index in [2.05, 4.69) is 36.4 Å². The lowest BCUT2D eigenvalue weighted by Crippen LogP contribution is -2.31. The number of hydrogen-bond acceptors (Lipinski definition) is 1. The van der Waals surface area contributed by atoms with Gasteiger partial charge < -0.3 is 5.73 Å². The molecule has 84 valence electrons. The van der Waals surface area contributed by atoms with Crippen LogP contribution in [0.5, 0.6) is 0 Å². The van der Waals surface area contributed by atoms with Gasteiger partial charge in [-0.1, -0.05) is 49.3 Å².